The normalized spacial score (nSPS) is 9.24. The Hall–Kier alpha value is -4.03. The lowest BCUT2D eigenvalue weighted by atomic mass is 10.3. The molecular formula is C22H27N3O8. The SMILES string of the molecule is COc1ccc(NC(C)=O)cc1.COc1ccc(NOO)cc1.OONc1ccc(O)cc1. The predicted molar refractivity (Wildman–Crippen MR) is 123 cm³/mol. The summed E-state index contributed by atoms with van der Waals surface area (Å²) in [6, 6.07) is 20.2. The highest BCUT2D eigenvalue weighted by molar-refractivity contribution is 5.88. The Morgan fingerprint density at radius 3 is 1.36 bits per heavy atom. The molecule has 3 aromatic carbocycles. The first-order valence-electron chi connectivity index (χ1n) is 9.39. The molecule has 3 aromatic rings. The molecule has 178 valence electrons. The van der Waals surface area contributed by atoms with Gasteiger partial charge in [-0.25, -0.2) is 21.5 Å². The average Bonchev–Trinajstić information content (AvgIpc) is 2.82. The molecule has 0 aliphatic carbocycles. The van der Waals surface area contributed by atoms with Gasteiger partial charge in [0.25, 0.3) is 0 Å². The van der Waals surface area contributed by atoms with Crippen LogP contribution in [0.4, 0.5) is 17.1 Å². The van der Waals surface area contributed by atoms with E-state index in [2.05, 4.69) is 26.3 Å². The van der Waals surface area contributed by atoms with Crippen molar-refractivity contribution in [3.8, 4) is 17.2 Å². The van der Waals surface area contributed by atoms with Gasteiger partial charge in [0.2, 0.25) is 5.91 Å². The van der Waals surface area contributed by atoms with E-state index in [0.29, 0.717) is 11.4 Å². The summed E-state index contributed by atoms with van der Waals surface area (Å²) in [5.41, 5.74) is 6.45. The topological polar surface area (TPSA) is 151 Å². The lowest BCUT2D eigenvalue weighted by Gasteiger charge is -2.02. The van der Waals surface area contributed by atoms with Gasteiger partial charge in [-0.05, 0) is 72.8 Å². The number of methoxy groups -OCH3 is 2. The van der Waals surface area contributed by atoms with Crippen molar-refractivity contribution < 1.29 is 39.9 Å². The number of aromatic hydroxyl groups is 1. The number of anilines is 3. The largest absolute Gasteiger partial charge is 0.508 e. The minimum absolute atomic E-state index is 0.0693. The molecule has 0 heterocycles. The van der Waals surface area contributed by atoms with Crippen LogP contribution in [0.15, 0.2) is 72.8 Å². The van der Waals surface area contributed by atoms with Crippen LogP contribution < -0.4 is 25.8 Å². The van der Waals surface area contributed by atoms with Gasteiger partial charge in [-0.15, -0.1) is 9.98 Å². The first-order chi connectivity index (χ1) is 15.9. The second kappa shape index (κ2) is 15.7. The summed E-state index contributed by atoms with van der Waals surface area (Å²) in [5.74, 6) is 1.64. The van der Waals surface area contributed by atoms with Gasteiger partial charge in [0.15, 0.2) is 0 Å². The maximum atomic E-state index is 10.6. The van der Waals surface area contributed by atoms with Crippen LogP contribution in [0, 0.1) is 0 Å². The summed E-state index contributed by atoms with van der Waals surface area (Å²) in [5, 5.41) is 27.4. The molecule has 0 bridgehead atoms. The van der Waals surface area contributed by atoms with E-state index in [4.69, 9.17) is 25.1 Å². The number of phenolic OH excluding ortho intramolecular Hbond substituents is 1. The van der Waals surface area contributed by atoms with E-state index in [9.17, 15) is 4.79 Å². The fraction of sp³-hybridized carbons (Fsp3) is 0.136. The molecule has 11 nitrogen and oxygen atoms in total. The Kier molecular flexibility index (Phi) is 12.9. The number of carbonyl (C=O) groups excluding carboxylic acids is 1. The zero-order valence-electron chi connectivity index (χ0n) is 18.3. The predicted octanol–water partition coefficient (Wildman–Crippen LogP) is 4.37. The highest BCUT2D eigenvalue weighted by atomic mass is 17.2. The van der Waals surface area contributed by atoms with E-state index in [1.54, 1.807) is 74.9 Å². The minimum Gasteiger partial charge on any atom is -0.508 e. The summed E-state index contributed by atoms with van der Waals surface area (Å²) < 4.78 is 9.88. The van der Waals surface area contributed by atoms with Crippen LogP contribution in [0.25, 0.3) is 0 Å². The molecule has 1 amide bonds. The first kappa shape index (κ1) is 27.0. The van der Waals surface area contributed by atoms with Gasteiger partial charge >= 0.3 is 0 Å². The van der Waals surface area contributed by atoms with Gasteiger partial charge < -0.3 is 19.9 Å². The summed E-state index contributed by atoms with van der Waals surface area (Å²) in [4.78, 5) is 18.0. The van der Waals surface area contributed by atoms with Gasteiger partial charge in [-0.1, -0.05) is 0 Å². The molecule has 11 heteroatoms. The van der Waals surface area contributed by atoms with Crippen LogP contribution in [0.2, 0.25) is 0 Å². The Morgan fingerprint density at radius 2 is 1.03 bits per heavy atom. The average molecular weight is 461 g/mol. The Bertz CT molecular complexity index is 920. The van der Waals surface area contributed by atoms with Crippen molar-refractivity contribution in [1.82, 2.24) is 0 Å². The van der Waals surface area contributed by atoms with E-state index >= 15 is 0 Å². The van der Waals surface area contributed by atoms with Gasteiger partial charge in [0, 0.05) is 12.6 Å². The van der Waals surface area contributed by atoms with Crippen molar-refractivity contribution in [1.29, 1.82) is 0 Å². The lowest BCUT2D eigenvalue weighted by Crippen LogP contribution is -2.05. The van der Waals surface area contributed by atoms with Crippen molar-refractivity contribution in [2.24, 2.45) is 0 Å². The lowest BCUT2D eigenvalue weighted by molar-refractivity contribution is -0.215. The number of hydrogen-bond acceptors (Lipinski definition) is 10. The summed E-state index contributed by atoms with van der Waals surface area (Å²) >= 11 is 0. The van der Waals surface area contributed by atoms with E-state index in [1.165, 1.54) is 19.1 Å². The Morgan fingerprint density at radius 1 is 0.667 bits per heavy atom. The monoisotopic (exact) mass is 461 g/mol. The highest BCUT2D eigenvalue weighted by Gasteiger charge is 1.95. The first-order valence-corrected chi connectivity index (χ1v) is 9.39. The molecule has 0 fully saturated rings. The molecule has 0 unspecified atom stereocenters. The van der Waals surface area contributed by atoms with Crippen LogP contribution in [0.1, 0.15) is 6.92 Å². The summed E-state index contributed by atoms with van der Waals surface area (Å²) in [6.07, 6.45) is 0. The summed E-state index contributed by atoms with van der Waals surface area (Å²) in [7, 11) is 3.19. The number of nitrogens with one attached hydrogen (secondary N) is 3. The molecule has 0 radical (unpaired) electrons. The second-order valence-electron chi connectivity index (χ2n) is 6.07. The van der Waals surface area contributed by atoms with Gasteiger partial charge in [0.05, 0.1) is 25.6 Å². The maximum Gasteiger partial charge on any atom is 0.221 e. The van der Waals surface area contributed by atoms with E-state index in [0.717, 1.165) is 17.2 Å². The maximum absolute atomic E-state index is 10.6. The van der Waals surface area contributed by atoms with Crippen LogP contribution in [-0.2, 0) is 14.8 Å². The zero-order chi connectivity index (χ0) is 24.5. The van der Waals surface area contributed by atoms with Crippen LogP contribution in [0.3, 0.4) is 0 Å². The van der Waals surface area contributed by atoms with Crippen molar-refractivity contribution in [2.45, 2.75) is 6.92 Å². The molecule has 0 aliphatic rings. The molecule has 0 saturated carbocycles. The molecule has 0 spiro atoms. The number of ether oxygens (including phenoxy) is 2. The van der Waals surface area contributed by atoms with Crippen LogP contribution >= 0.6 is 0 Å². The molecule has 6 N–H and O–H groups in total. The van der Waals surface area contributed by atoms with E-state index in [1.807, 2.05) is 0 Å². The van der Waals surface area contributed by atoms with E-state index in [-0.39, 0.29) is 11.7 Å². The smallest absolute Gasteiger partial charge is 0.221 e. The zero-order valence-corrected chi connectivity index (χ0v) is 18.3. The fourth-order valence-corrected chi connectivity index (χ4v) is 2.17. The van der Waals surface area contributed by atoms with Crippen molar-refractivity contribution in [3.63, 3.8) is 0 Å². The molecule has 3 rings (SSSR count). The number of rotatable bonds is 7. The molecule has 33 heavy (non-hydrogen) atoms. The van der Waals surface area contributed by atoms with Gasteiger partial charge in [0.1, 0.15) is 17.2 Å². The van der Waals surface area contributed by atoms with Crippen LogP contribution in [0.5, 0.6) is 17.2 Å². The molecular weight excluding hydrogens is 434 g/mol. The molecule has 0 aliphatic heterocycles. The molecule has 0 atom stereocenters. The number of amides is 1. The third-order valence-electron chi connectivity index (χ3n) is 3.69. The van der Waals surface area contributed by atoms with Crippen molar-refractivity contribution >= 4 is 23.0 Å². The standard InChI is InChI=1S/C9H11NO2.C7H9NO3.C6H7NO3/c1-7(11)10-8-3-5-9(12-2)6-4-8;1-10-7-4-2-6(3-5-7)8-11-9;8-6-3-1-5(2-4-6)7-10-9/h3-6H,1-2H3,(H,10,11);2-5,8-9H,1H3;1-4,7-9H. The number of carbonyl (C=O) groups is 1. The Labute approximate surface area is 190 Å². The Balaban J connectivity index is 0.000000249. The quantitative estimate of drug-likeness (QED) is 0.170. The van der Waals surface area contributed by atoms with Crippen molar-refractivity contribution in [3.05, 3.63) is 72.8 Å². The molecule has 0 saturated heterocycles. The van der Waals surface area contributed by atoms with Crippen molar-refractivity contribution in [2.75, 3.05) is 30.5 Å². The number of benzene rings is 3. The second-order valence-corrected chi connectivity index (χ2v) is 6.07. The fourth-order valence-electron chi connectivity index (χ4n) is 2.17. The van der Waals surface area contributed by atoms with Gasteiger partial charge in [-0.2, -0.15) is 0 Å². The third kappa shape index (κ3) is 11.8. The highest BCUT2D eigenvalue weighted by Crippen LogP contribution is 2.15. The molecule has 0 aromatic heterocycles. The van der Waals surface area contributed by atoms with Crippen LogP contribution in [-0.4, -0.2) is 35.7 Å². The summed E-state index contributed by atoms with van der Waals surface area (Å²) in [6.45, 7) is 1.48. The third-order valence-corrected chi connectivity index (χ3v) is 3.69. The van der Waals surface area contributed by atoms with Gasteiger partial charge in [-0.3, -0.25) is 4.79 Å². The minimum atomic E-state index is -0.0693. The number of phenols is 1. The number of hydrogen-bond donors (Lipinski definition) is 6. The van der Waals surface area contributed by atoms with E-state index < -0.39 is 0 Å².